The zero-order chi connectivity index (χ0) is 15.5. The van der Waals surface area contributed by atoms with Crippen LogP contribution in [0.25, 0.3) is 0 Å². The van der Waals surface area contributed by atoms with Crippen LogP contribution in [0.2, 0.25) is 5.02 Å². The Morgan fingerprint density at radius 3 is 2.59 bits per heavy atom. The van der Waals surface area contributed by atoms with Crippen molar-refractivity contribution < 1.29 is 4.74 Å². The van der Waals surface area contributed by atoms with E-state index in [1.54, 1.807) is 10.8 Å². The Balaban J connectivity index is 1.93. The quantitative estimate of drug-likeness (QED) is 0.869. The molecule has 2 aromatic rings. The molecular formula is C16H18ClN3O2. The van der Waals surface area contributed by atoms with Gasteiger partial charge in [-0.15, -0.1) is 0 Å². The molecule has 1 fully saturated rings. The van der Waals surface area contributed by atoms with Gasteiger partial charge in [-0.2, -0.15) is 0 Å². The van der Waals surface area contributed by atoms with Gasteiger partial charge in [0.2, 0.25) is 0 Å². The first-order valence-corrected chi connectivity index (χ1v) is 7.66. The van der Waals surface area contributed by atoms with E-state index in [1.807, 2.05) is 36.1 Å². The minimum atomic E-state index is -0.00986. The van der Waals surface area contributed by atoms with E-state index in [2.05, 4.69) is 4.98 Å². The Bertz CT molecular complexity index is 706. The van der Waals surface area contributed by atoms with Gasteiger partial charge in [-0.05, 0) is 24.6 Å². The highest BCUT2D eigenvalue weighted by atomic mass is 35.5. The lowest BCUT2D eigenvalue weighted by molar-refractivity contribution is 0.122. The molecular weight excluding hydrogens is 302 g/mol. The minimum Gasteiger partial charge on any atom is -0.378 e. The molecule has 5 nitrogen and oxygen atoms in total. The Kier molecular flexibility index (Phi) is 4.45. The number of morpholine rings is 1. The average Bonchev–Trinajstić information content (AvgIpc) is 2.54. The van der Waals surface area contributed by atoms with Crippen molar-refractivity contribution in [3.8, 4) is 0 Å². The first kappa shape index (κ1) is 15.1. The highest BCUT2D eigenvalue weighted by molar-refractivity contribution is 6.30. The van der Waals surface area contributed by atoms with Crippen molar-refractivity contribution in [3.05, 3.63) is 57.2 Å². The van der Waals surface area contributed by atoms with E-state index in [0.717, 1.165) is 18.7 Å². The van der Waals surface area contributed by atoms with Gasteiger partial charge >= 0.3 is 0 Å². The molecule has 0 aliphatic carbocycles. The van der Waals surface area contributed by atoms with Crippen LogP contribution in [0.1, 0.15) is 11.4 Å². The fourth-order valence-electron chi connectivity index (χ4n) is 2.54. The number of aryl methyl sites for hydroxylation is 1. The third-order valence-electron chi connectivity index (χ3n) is 3.83. The minimum absolute atomic E-state index is 0.00986. The van der Waals surface area contributed by atoms with Crippen LogP contribution in [0.15, 0.2) is 35.3 Å². The summed E-state index contributed by atoms with van der Waals surface area (Å²) < 4.78 is 7.04. The van der Waals surface area contributed by atoms with Crippen molar-refractivity contribution in [1.29, 1.82) is 0 Å². The SMILES string of the molecule is Cc1ncc(N2CCOCC2)c(=O)n1Cc1ccc(Cl)cc1. The van der Waals surface area contributed by atoms with E-state index in [9.17, 15) is 4.79 Å². The van der Waals surface area contributed by atoms with Gasteiger partial charge in [-0.3, -0.25) is 9.36 Å². The third-order valence-corrected chi connectivity index (χ3v) is 4.09. The van der Waals surface area contributed by atoms with E-state index in [4.69, 9.17) is 16.3 Å². The van der Waals surface area contributed by atoms with Crippen molar-refractivity contribution in [1.82, 2.24) is 9.55 Å². The first-order chi connectivity index (χ1) is 10.6. The molecule has 6 heteroatoms. The molecule has 116 valence electrons. The van der Waals surface area contributed by atoms with Crippen LogP contribution in [0.5, 0.6) is 0 Å². The lowest BCUT2D eigenvalue weighted by Crippen LogP contribution is -2.41. The first-order valence-electron chi connectivity index (χ1n) is 7.29. The molecule has 3 rings (SSSR count). The molecule has 1 saturated heterocycles. The maximum absolute atomic E-state index is 12.8. The number of benzene rings is 1. The number of nitrogens with zero attached hydrogens (tertiary/aromatic N) is 3. The standard InChI is InChI=1S/C16H18ClN3O2/c1-12-18-10-15(19-6-8-22-9-7-19)16(21)20(12)11-13-2-4-14(17)5-3-13/h2-5,10H,6-9,11H2,1H3. The molecule has 1 aromatic heterocycles. The van der Waals surface area contributed by atoms with Gasteiger partial charge < -0.3 is 9.64 Å². The van der Waals surface area contributed by atoms with E-state index < -0.39 is 0 Å². The summed E-state index contributed by atoms with van der Waals surface area (Å²) in [5, 5.41) is 0.688. The monoisotopic (exact) mass is 319 g/mol. The predicted molar refractivity (Wildman–Crippen MR) is 86.8 cm³/mol. The van der Waals surface area contributed by atoms with Crippen molar-refractivity contribution in [2.45, 2.75) is 13.5 Å². The molecule has 0 spiro atoms. The largest absolute Gasteiger partial charge is 0.378 e. The molecule has 1 aromatic carbocycles. The Hall–Kier alpha value is -1.85. The van der Waals surface area contributed by atoms with Gasteiger partial charge in [0.05, 0.1) is 26.0 Å². The van der Waals surface area contributed by atoms with Gasteiger partial charge in [0.1, 0.15) is 11.5 Å². The molecule has 0 N–H and O–H groups in total. The summed E-state index contributed by atoms with van der Waals surface area (Å²) in [4.78, 5) is 19.2. The number of halogens is 1. The van der Waals surface area contributed by atoms with Crippen LogP contribution in [0.3, 0.4) is 0 Å². The maximum atomic E-state index is 12.8. The number of rotatable bonds is 3. The van der Waals surface area contributed by atoms with Gasteiger partial charge in [-0.25, -0.2) is 4.98 Å². The van der Waals surface area contributed by atoms with E-state index >= 15 is 0 Å². The van der Waals surface area contributed by atoms with Gasteiger partial charge in [0.25, 0.3) is 5.56 Å². The van der Waals surface area contributed by atoms with Crippen LogP contribution in [0.4, 0.5) is 5.69 Å². The summed E-state index contributed by atoms with van der Waals surface area (Å²) in [7, 11) is 0. The van der Waals surface area contributed by atoms with E-state index in [-0.39, 0.29) is 5.56 Å². The van der Waals surface area contributed by atoms with Crippen molar-refractivity contribution in [3.63, 3.8) is 0 Å². The van der Waals surface area contributed by atoms with Crippen molar-refractivity contribution in [2.75, 3.05) is 31.2 Å². The van der Waals surface area contributed by atoms with Crippen LogP contribution >= 0.6 is 11.6 Å². The summed E-state index contributed by atoms with van der Waals surface area (Å²) in [6.07, 6.45) is 1.67. The van der Waals surface area contributed by atoms with Crippen LogP contribution in [-0.2, 0) is 11.3 Å². The van der Waals surface area contributed by atoms with Crippen LogP contribution < -0.4 is 10.5 Å². The lowest BCUT2D eigenvalue weighted by atomic mass is 10.2. The number of anilines is 1. The highest BCUT2D eigenvalue weighted by Gasteiger charge is 2.17. The summed E-state index contributed by atoms with van der Waals surface area (Å²) in [6, 6.07) is 7.51. The molecule has 0 amide bonds. The van der Waals surface area contributed by atoms with Gasteiger partial charge in [0.15, 0.2) is 0 Å². The van der Waals surface area contributed by atoms with Crippen molar-refractivity contribution >= 4 is 17.3 Å². The second-order valence-corrected chi connectivity index (χ2v) is 5.74. The second-order valence-electron chi connectivity index (χ2n) is 5.31. The Morgan fingerprint density at radius 1 is 1.23 bits per heavy atom. The Morgan fingerprint density at radius 2 is 1.91 bits per heavy atom. The number of ether oxygens (including phenoxy) is 1. The number of aromatic nitrogens is 2. The lowest BCUT2D eigenvalue weighted by Gasteiger charge is -2.28. The highest BCUT2D eigenvalue weighted by Crippen LogP contribution is 2.13. The van der Waals surface area contributed by atoms with E-state index in [1.165, 1.54) is 0 Å². The Labute approximate surface area is 134 Å². The summed E-state index contributed by atoms with van der Waals surface area (Å²) >= 11 is 5.90. The molecule has 22 heavy (non-hydrogen) atoms. The zero-order valence-corrected chi connectivity index (χ0v) is 13.2. The molecule has 1 aliphatic rings. The molecule has 0 unspecified atom stereocenters. The smallest absolute Gasteiger partial charge is 0.277 e. The molecule has 0 bridgehead atoms. The number of hydrogen-bond acceptors (Lipinski definition) is 4. The fourth-order valence-corrected chi connectivity index (χ4v) is 2.67. The molecule has 1 aliphatic heterocycles. The second kappa shape index (κ2) is 6.50. The number of hydrogen-bond donors (Lipinski definition) is 0. The maximum Gasteiger partial charge on any atom is 0.277 e. The predicted octanol–water partition coefficient (Wildman–Crippen LogP) is 2.09. The topological polar surface area (TPSA) is 47.4 Å². The molecule has 0 saturated carbocycles. The summed E-state index contributed by atoms with van der Waals surface area (Å²) in [6.45, 7) is 5.07. The molecule has 0 atom stereocenters. The summed E-state index contributed by atoms with van der Waals surface area (Å²) in [5.41, 5.74) is 1.66. The van der Waals surface area contributed by atoms with Crippen LogP contribution in [0, 0.1) is 6.92 Å². The van der Waals surface area contributed by atoms with Gasteiger partial charge in [-0.1, -0.05) is 23.7 Å². The van der Waals surface area contributed by atoms with Crippen molar-refractivity contribution in [2.24, 2.45) is 0 Å². The zero-order valence-electron chi connectivity index (χ0n) is 12.5. The van der Waals surface area contributed by atoms with Gasteiger partial charge in [0, 0.05) is 18.1 Å². The van der Waals surface area contributed by atoms with Crippen LogP contribution in [-0.4, -0.2) is 35.9 Å². The fraction of sp³-hybridized carbons (Fsp3) is 0.375. The van der Waals surface area contributed by atoms with E-state index in [0.29, 0.717) is 36.3 Å². The molecule has 0 radical (unpaired) electrons. The molecule has 2 heterocycles. The normalized spacial score (nSPS) is 15.1. The third kappa shape index (κ3) is 3.15. The summed E-state index contributed by atoms with van der Waals surface area (Å²) in [5.74, 6) is 0.706. The average molecular weight is 320 g/mol.